The molecule has 14 heteroatoms. The summed E-state index contributed by atoms with van der Waals surface area (Å²) >= 11 is 0. The third-order valence-electron chi connectivity index (χ3n) is 6.17. The minimum absolute atomic E-state index is 0.110. The van der Waals surface area contributed by atoms with Gasteiger partial charge in [0.1, 0.15) is 17.2 Å². The Kier molecular flexibility index (Phi) is 7.53. The Morgan fingerprint density at radius 1 is 1.00 bits per heavy atom. The van der Waals surface area contributed by atoms with Crippen LogP contribution in [-0.2, 0) is 27.1 Å². The zero-order valence-electron chi connectivity index (χ0n) is 21.8. The fraction of sp³-hybridized carbons (Fsp3) is 0.222. The predicted octanol–water partition coefficient (Wildman–Crippen LogP) is 6.42. The third-order valence-corrected chi connectivity index (χ3v) is 6.56. The van der Waals surface area contributed by atoms with Gasteiger partial charge in [-0.25, -0.2) is 24.8 Å². The molecule has 0 fully saturated rings. The van der Waals surface area contributed by atoms with Crippen molar-refractivity contribution in [3.63, 3.8) is 0 Å². The maximum atomic E-state index is 14.9. The summed E-state index contributed by atoms with van der Waals surface area (Å²) in [7, 11) is -3.83. The van der Waals surface area contributed by atoms with E-state index in [2.05, 4.69) is 20.4 Å². The molecule has 3 aromatic heterocycles. The molecule has 2 aromatic carbocycles. The number of nitrogens with zero attached hydrogens (tertiary/aromatic N) is 4. The van der Waals surface area contributed by atoms with Gasteiger partial charge in [-0.2, -0.15) is 21.6 Å². The van der Waals surface area contributed by atoms with Gasteiger partial charge in [-0.15, -0.1) is 4.28 Å². The molecule has 9 nitrogen and oxygen atoms in total. The Labute approximate surface area is 232 Å². The van der Waals surface area contributed by atoms with Gasteiger partial charge in [-0.3, -0.25) is 4.57 Å². The first-order valence-electron chi connectivity index (χ1n) is 12.5. The van der Waals surface area contributed by atoms with Gasteiger partial charge in [0.2, 0.25) is 5.95 Å². The second-order valence-corrected chi connectivity index (χ2v) is 10.8. The molecule has 0 aliphatic carbocycles. The average molecular weight is 589 g/mol. The first-order valence-corrected chi connectivity index (χ1v) is 14.3. The van der Waals surface area contributed by atoms with Crippen LogP contribution in [0.3, 0.4) is 0 Å². The fourth-order valence-electron chi connectivity index (χ4n) is 4.34. The van der Waals surface area contributed by atoms with Gasteiger partial charge in [0.15, 0.2) is 5.65 Å². The average Bonchev–Trinajstić information content (AvgIpc) is 3.51. The van der Waals surface area contributed by atoms with Gasteiger partial charge < -0.3 is 4.98 Å². The Morgan fingerprint density at radius 2 is 1.76 bits per heavy atom. The quantitative estimate of drug-likeness (QED) is 0.151. The number of benzene rings is 2. The third kappa shape index (κ3) is 5.93. The van der Waals surface area contributed by atoms with Crippen molar-refractivity contribution >= 4 is 27.2 Å². The molecule has 2 N–H and O–H groups in total. The Balaban J connectivity index is 1.71. The van der Waals surface area contributed by atoms with Crippen LogP contribution >= 0.6 is 0 Å². The highest BCUT2D eigenvalue weighted by molar-refractivity contribution is 7.86. The maximum Gasteiger partial charge on any atom is 0.417 e. The smallest absolute Gasteiger partial charge is 0.336 e. The SMILES string of the molecule is CCCCn1c(NOS(C)(=O)=O)nc2ccc(-c3[nH]c(-c4c(F)cccc4C(F)(F)F)nc3-c3ccccc3)nc21. The topological polar surface area (TPSA) is 115 Å². The van der Waals surface area contributed by atoms with Crippen LogP contribution in [0.25, 0.3) is 45.2 Å². The van der Waals surface area contributed by atoms with Crippen molar-refractivity contribution in [1.29, 1.82) is 0 Å². The molecule has 0 saturated carbocycles. The number of aromatic amines is 1. The van der Waals surface area contributed by atoms with Crippen molar-refractivity contribution in [2.24, 2.45) is 0 Å². The number of hydrogen-bond acceptors (Lipinski definition) is 7. The van der Waals surface area contributed by atoms with Crippen LogP contribution in [0.2, 0.25) is 0 Å². The summed E-state index contributed by atoms with van der Waals surface area (Å²) in [5.41, 5.74) is 2.66. The lowest BCUT2D eigenvalue weighted by Gasteiger charge is -2.11. The van der Waals surface area contributed by atoms with E-state index in [4.69, 9.17) is 9.27 Å². The molecule has 0 radical (unpaired) electrons. The number of hydrogen-bond donors (Lipinski definition) is 2. The van der Waals surface area contributed by atoms with Crippen molar-refractivity contribution in [2.75, 3.05) is 11.7 Å². The number of fused-ring (bicyclic) bond motifs is 1. The van der Waals surface area contributed by atoms with Crippen molar-refractivity contribution in [3.05, 3.63) is 72.0 Å². The number of aromatic nitrogens is 5. The molecule has 3 heterocycles. The highest BCUT2D eigenvalue weighted by atomic mass is 32.2. The van der Waals surface area contributed by atoms with E-state index in [1.807, 2.05) is 6.92 Å². The van der Waals surface area contributed by atoms with Crippen LogP contribution in [0.5, 0.6) is 0 Å². The molecule has 0 bridgehead atoms. The van der Waals surface area contributed by atoms with E-state index in [0.29, 0.717) is 35.4 Å². The second-order valence-electron chi connectivity index (χ2n) is 9.20. The van der Waals surface area contributed by atoms with E-state index >= 15 is 0 Å². The van der Waals surface area contributed by atoms with Crippen molar-refractivity contribution in [1.82, 2.24) is 24.5 Å². The summed E-state index contributed by atoms with van der Waals surface area (Å²) in [4.78, 5) is 16.4. The number of pyridine rings is 1. The van der Waals surface area contributed by atoms with Crippen molar-refractivity contribution < 1.29 is 30.3 Å². The number of unbranched alkanes of at least 4 members (excludes halogenated alkanes) is 1. The van der Waals surface area contributed by atoms with Crippen LogP contribution in [0.4, 0.5) is 23.5 Å². The van der Waals surface area contributed by atoms with Crippen LogP contribution in [-0.4, -0.2) is 39.2 Å². The number of rotatable bonds is 9. The lowest BCUT2D eigenvalue weighted by Crippen LogP contribution is -2.13. The molecule has 0 aliphatic heterocycles. The first kappa shape index (κ1) is 28.2. The van der Waals surface area contributed by atoms with Gasteiger partial charge >= 0.3 is 6.18 Å². The first-order chi connectivity index (χ1) is 19.5. The molecule has 0 atom stereocenters. The van der Waals surface area contributed by atoms with Crippen molar-refractivity contribution in [3.8, 4) is 34.0 Å². The minimum atomic E-state index is -4.82. The van der Waals surface area contributed by atoms with E-state index < -0.39 is 33.2 Å². The van der Waals surface area contributed by atoms with Gasteiger partial charge in [0.05, 0.1) is 34.5 Å². The second kappa shape index (κ2) is 10.9. The zero-order chi connectivity index (χ0) is 29.4. The van der Waals surface area contributed by atoms with E-state index in [0.717, 1.165) is 30.9 Å². The van der Waals surface area contributed by atoms with Gasteiger partial charge in [0.25, 0.3) is 10.1 Å². The standard InChI is InChI=1S/C27H24F4N6O3S/c1-3-4-15-37-25-20(33-26(37)36-40-41(2,38)39)14-13-19(32-25)23-22(16-9-6-5-7-10-16)34-24(35-23)21-17(27(29,30)31)11-8-12-18(21)28/h5-14H,3-4,15H2,1-2H3,(H,33,36)(H,34,35). The molecule has 41 heavy (non-hydrogen) atoms. The van der Waals surface area contributed by atoms with Crippen molar-refractivity contribution in [2.45, 2.75) is 32.5 Å². The molecular weight excluding hydrogens is 564 g/mol. The Hall–Kier alpha value is -4.30. The highest BCUT2D eigenvalue weighted by Crippen LogP contribution is 2.40. The maximum absolute atomic E-state index is 14.9. The monoisotopic (exact) mass is 588 g/mol. The Bertz CT molecular complexity index is 1820. The van der Waals surface area contributed by atoms with Crippen LogP contribution in [0.15, 0.2) is 60.7 Å². The van der Waals surface area contributed by atoms with E-state index in [1.54, 1.807) is 47.0 Å². The number of halogens is 4. The van der Waals surface area contributed by atoms with E-state index in [9.17, 15) is 26.0 Å². The number of imidazole rings is 2. The predicted molar refractivity (Wildman–Crippen MR) is 145 cm³/mol. The van der Waals surface area contributed by atoms with Crippen LogP contribution in [0.1, 0.15) is 25.3 Å². The molecule has 5 rings (SSSR count). The lowest BCUT2D eigenvalue weighted by molar-refractivity contribution is -0.137. The lowest BCUT2D eigenvalue weighted by atomic mass is 10.1. The molecule has 0 saturated heterocycles. The summed E-state index contributed by atoms with van der Waals surface area (Å²) < 4.78 is 85.9. The molecule has 0 spiro atoms. The highest BCUT2D eigenvalue weighted by Gasteiger charge is 2.36. The number of anilines is 1. The minimum Gasteiger partial charge on any atom is -0.336 e. The van der Waals surface area contributed by atoms with Crippen LogP contribution < -0.4 is 5.48 Å². The van der Waals surface area contributed by atoms with E-state index in [-0.39, 0.29) is 23.2 Å². The molecular formula is C27H24F4N6O3S. The molecule has 0 aliphatic rings. The zero-order valence-corrected chi connectivity index (χ0v) is 22.6. The van der Waals surface area contributed by atoms with Crippen LogP contribution in [0, 0.1) is 5.82 Å². The Morgan fingerprint density at radius 3 is 2.44 bits per heavy atom. The number of nitrogens with one attached hydrogen (secondary N) is 2. The normalized spacial score (nSPS) is 12.2. The van der Waals surface area contributed by atoms with Gasteiger partial charge in [0, 0.05) is 12.1 Å². The fourth-order valence-corrected chi connectivity index (χ4v) is 4.57. The van der Waals surface area contributed by atoms with E-state index in [1.165, 1.54) is 0 Å². The summed E-state index contributed by atoms with van der Waals surface area (Å²) in [6.45, 7) is 2.40. The number of aryl methyl sites for hydroxylation is 1. The summed E-state index contributed by atoms with van der Waals surface area (Å²) in [6.07, 6.45) is -2.41. The largest absolute Gasteiger partial charge is 0.417 e. The number of H-pyrrole nitrogens is 1. The summed E-state index contributed by atoms with van der Waals surface area (Å²) in [6, 6.07) is 14.7. The molecule has 5 aromatic rings. The summed E-state index contributed by atoms with van der Waals surface area (Å²) in [5.74, 6) is -1.28. The molecule has 214 valence electrons. The molecule has 0 unspecified atom stereocenters. The van der Waals surface area contributed by atoms with Gasteiger partial charge in [-0.05, 0) is 30.7 Å². The van der Waals surface area contributed by atoms with Gasteiger partial charge in [-0.1, -0.05) is 49.7 Å². The molecule has 0 amide bonds. The number of alkyl halides is 3. The summed E-state index contributed by atoms with van der Waals surface area (Å²) in [5, 5.41) is 0.